The molecule has 0 radical (unpaired) electrons. The molecule has 1 aliphatic rings. The second-order valence-corrected chi connectivity index (χ2v) is 8.15. The van der Waals surface area contributed by atoms with Gasteiger partial charge in [-0.1, -0.05) is 53.7 Å². The number of rotatable bonds is 5. The number of anilines is 1. The minimum Gasteiger partial charge on any atom is -0.497 e. The first-order valence-electron chi connectivity index (χ1n) is 10.7. The lowest BCUT2D eigenvalue weighted by atomic mass is 9.94. The van der Waals surface area contributed by atoms with Gasteiger partial charge < -0.3 is 14.6 Å². The number of halogens is 1. The Bertz CT molecular complexity index is 1390. The van der Waals surface area contributed by atoms with E-state index in [0.717, 1.165) is 16.9 Å². The fraction of sp³-hybridized carbons (Fsp3) is 0.115. The number of methoxy groups -OCH3 is 1. The van der Waals surface area contributed by atoms with E-state index in [1.54, 1.807) is 13.2 Å². The Balaban J connectivity index is 1.67. The lowest BCUT2D eigenvalue weighted by Crippen LogP contribution is -2.46. The lowest BCUT2D eigenvalue weighted by molar-refractivity contribution is 0.404. The van der Waals surface area contributed by atoms with Gasteiger partial charge in [0.15, 0.2) is 5.11 Å². The van der Waals surface area contributed by atoms with Gasteiger partial charge >= 0.3 is 0 Å². The minimum atomic E-state index is -0.478. The van der Waals surface area contributed by atoms with Crippen LogP contribution in [0.4, 0.5) is 10.1 Å². The van der Waals surface area contributed by atoms with E-state index in [0.29, 0.717) is 33.7 Å². The second-order valence-electron chi connectivity index (χ2n) is 7.76. The van der Waals surface area contributed by atoms with E-state index in [4.69, 9.17) is 21.5 Å². The SMILES string of the molecule is COc1cccc(N2C(=S)NC(c3cccc(F)c3)C(c3nc(-c4ccccc4)no3)=C2C)c1. The van der Waals surface area contributed by atoms with Crippen molar-refractivity contribution in [3.63, 3.8) is 0 Å². The molecule has 6 nitrogen and oxygen atoms in total. The molecule has 1 atom stereocenters. The van der Waals surface area contributed by atoms with Gasteiger partial charge in [0.25, 0.3) is 5.89 Å². The van der Waals surface area contributed by atoms with Crippen LogP contribution in [0.25, 0.3) is 17.0 Å². The van der Waals surface area contributed by atoms with Crippen LogP contribution in [0.2, 0.25) is 0 Å². The number of hydrogen-bond acceptors (Lipinski definition) is 5. The monoisotopic (exact) mass is 472 g/mol. The standard InChI is InChI=1S/C26H21FN4O2S/c1-16-22(25-29-24(30-33-25)17-8-4-3-5-9-17)23(18-10-6-11-19(27)14-18)28-26(34)31(16)20-12-7-13-21(15-20)32-2/h3-15,23H,1-2H3,(H,28,34). The zero-order chi connectivity index (χ0) is 23.7. The van der Waals surface area contributed by atoms with Gasteiger partial charge in [0.2, 0.25) is 5.82 Å². The zero-order valence-corrected chi connectivity index (χ0v) is 19.3. The fourth-order valence-corrected chi connectivity index (χ4v) is 4.41. The normalized spacial score (nSPS) is 15.9. The van der Waals surface area contributed by atoms with Gasteiger partial charge in [-0.15, -0.1) is 0 Å². The Kier molecular flexibility index (Phi) is 5.81. The number of nitrogens with zero attached hydrogens (tertiary/aromatic N) is 3. The van der Waals surface area contributed by atoms with Gasteiger partial charge in [-0.25, -0.2) is 4.39 Å². The van der Waals surface area contributed by atoms with Crippen molar-refractivity contribution in [1.82, 2.24) is 15.5 Å². The Morgan fingerprint density at radius 1 is 1.03 bits per heavy atom. The number of allylic oxidation sites excluding steroid dienone is 1. The second kappa shape index (κ2) is 9.07. The lowest BCUT2D eigenvalue weighted by Gasteiger charge is -2.37. The molecule has 1 N–H and O–H groups in total. The molecule has 0 saturated carbocycles. The molecule has 34 heavy (non-hydrogen) atoms. The average Bonchev–Trinajstić information content (AvgIpc) is 3.34. The van der Waals surface area contributed by atoms with Crippen LogP contribution >= 0.6 is 12.2 Å². The van der Waals surface area contributed by atoms with Crippen molar-refractivity contribution in [3.05, 3.63) is 102 Å². The molecule has 0 bridgehead atoms. The van der Waals surface area contributed by atoms with E-state index in [2.05, 4.69) is 15.5 Å². The first-order chi connectivity index (χ1) is 16.5. The Morgan fingerprint density at radius 2 is 1.82 bits per heavy atom. The van der Waals surface area contributed by atoms with E-state index in [1.807, 2.05) is 72.5 Å². The Labute approximate surface area is 201 Å². The van der Waals surface area contributed by atoms with Crippen molar-refractivity contribution in [2.24, 2.45) is 0 Å². The summed E-state index contributed by atoms with van der Waals surface area (Å²) in [5.41, 5.74) is 3.84. The highest BCUT2D eigenvalue weighted by atomic mass is 32.1. The van der Waals surface area contributed by atoms with E-state index in [9.17, 15) is 4.39 Å². The summed E-state index contributed by atoms with van der Waals surface area (Å²) in [7, 11) is 1.61. The molecular formula is C26H21FN4O2S. The molecule has 1 unspecified atom stereocenters. The molecule has 3 aromatic carbocycles. The third-order valence-electron chi connectivity index (χ3n) is 5.67. The van der Waals surface area contributed by atoms with Crippen LogP contribution in [0.15, 0.2) is 89.1 Å². The smallest absolute Gasteiger partial charge is 0.258 e. The van der Waals surface area contributed by atoms with Gasteiger partial charge in [-0.2, -0.15) is 4.98 Å². The molecule has 2 heterocycles. The molecule has 1 aromatic heterocycles. The zero-order valence-electron chi connectivity index (χ0n) is 18.5. The molecule has 0 amide bonds. The summed E-state index contributed by atoms with van der Waals surface area (Å²) in [5, 5.41) is 8.00. The summed E-state index contributed by atoms with van der Waals surface area (Å²) >= 11 is 5.74. The maximum absolute atomic E-state index is 14.1. The summed E-state index contributed by atoms with van der Waals surface area (Å²) in [6.45, 7) is 1.93. The van der Waals surface area contributed by atoms with Crippen molar-refractivity contribution >= 4 is 28.6 Å². The van der Waals surface area contributed by atoms with Gasteiger partial charge in [-0.3, -0.25) is 4.90 Å². The number of hydrogen-bond donors (Lipinski definition) is 1. The van der Waals surface area contributed by atoms with Crippen LogP contribution in [0.3, 0.4) is 0 Å². The van der Waals surface area contributed by atoms with Crippen LogP contribution in [-0.2, 0) is 0 Å². The molecular weight excluding hydrogens is 451 g/mol. The molecule has 1 aliphatic heterocycles. The first-order valence-corrected chi connectivity index (χ1v) is 11.1. The van der Waals surface area contributed by atoms with Crippen LogP contribution < -0.4 is 15.0 Å². The quantitative estimate of drug-likeness (QED) is 0.371. The molecule has 8 heteroatoms. The van der Waals surface area contributed by atoms with E-state index in [-0.39, 0.29) is 5.82 Å². The number of benzene rings is 3. The van der Waals surface area contributed by atoms with Crippen LogP contribution in [0.1, 0.15) is 24.4 Å². The number of nitrogens with one attached hydrogen (secondary N) is 1. The van der Waals surface area contributed by atoms with Gasteiger partial charge in [-0.05, 0) is 49.0 Å². The van der Waals surface area contributed by atoms with Gasteiger partial charge in [0.1, 0.15) is 11.6 Å². The number of ether oxygens (including phenoxy) is 1. The summed E-state index contributed by atoms with van der Waals surface area (Å²) < 4.78 is 25.3. The minimum absolute atomic E-state index is 0.327. The van der Waals surface area contributed by atoms with Crippen molar-refractivity contribution in [3.8, 4) is 17.1 Å². The van der Waals surface area contributed by atoms with Gasteiger partial charge in [0.05, 0.1) is 24.4 Å². The Morgan fingerprint density at radius 3 is 2.59 bits per heavy atom. The topological polar surface area (TPSA) is 63.4 Å². The third kappa shape index (κ3) is 4.04. The van der Waals surface area contributed by atoms with Crippen molar-refractivity contribution in [2.75, 3.05) is 12.0 Å². The maximum atomic E-state index is 14.1. The number of aromatic nitrogens is 2. The maximum Gasteiger partial charge on any atom is 0.258 e. The molecule has 5 rings (SSSR count). The summed E-state index contributed by atoms with van der Waals surface area (Å²) in [4.78, 5) is 6.56. The number of thiocarbonyl (C=S) groups is 1. The first kappa shape index (κ1) is 21.8. The molecule has 170 valence electrons. The molecule has 0 aliphatic carbocycles. The van der Waals surface area contributed by atoms with Crippen LogP contribution in [-0.4, -0.2) is 22.4 Å². The molecule has 0 fully saturated rings. The van der Waals surface area contributed by atoms with E-state index >= 15 is 0 Å². The molecule has 4 aromatic rings. The van der Waals surface area contributed by atoms with Crippen molar-refractivity contribution in [2.45, 2.75) is 13.0 Å². The highest BCUT2D eigenvalue weighted by Gasteiger charge is 2.35. The fourth-order valence-electron chi connectivity index (χ4n) is 4.05. The van der Waals surface area contributed by atoms with Crippen LogP contribution in [0, 0.1) is 5.82 Å². The highest BCUT2D eigenvalue weighted by molar-refractivity contribution is 7.80. The van der Waals surface area contributed by atoms with E-state index < -0.39 is 6.04 Å². The van der Waals surface area contributed by atoms with Crippen molar-refractivity contribution < 1.29 is 13.7 Å². The summed E-state index contributed by atoms with van der Waals surface area (Å²) in [5.74, 6) is 1.16. The highest BCUT2D eigenvalue weighted by Crippen LogP contribution is 2.39. The molecule has 0 saturated heterocycles. The predicted octanol–water partition coefficient (Wildman–Crippen LogP) is 5.75. The van der Waals surface area contributed by atoms with Crippen LogP contribution in [0.5, 0.6) is 5.75 Å². The summed E-state index contributed by atoms with van der Waals surface area (Å²) in [6, 6.07) is 23.1. The van der Waals surface area contributed by atoms with Crippen molar-refractivity contribution in [1.29, 1.82) is 0 Å². The Hall–Kier alpha value is -4.04. The van der Waals surface area contributed by atoms with E-state index in [1.165, 1.54) is 12.1 Å². The average molecular weight is 473 g/mol. The predicted molar refractivity (Wildman–Crippen MR) is 133 cm³/mol. The summed E-state index contributed by atoms with van der Waals surface area (Å²) in [6.07, 6.45) is 0. The van der Waals surface area contributed by atoms with Gasteiger partial charge in [0, 0.05) is 17.3 Å². The third-order valence-corrected chi connectivity index (χ3v) is 5.97. The largest absolute Gasteiger partial charge is 0.497 e. The molecule has 0 spiro atoms.